The second kappa shape index (κ2) is 7.95. The third-order valence-electron chi connectivity index (χ3n) is 5.29. The quantitative estimate of drug-likeness (QED) is 0.658. The zero-order valence-corrected chi connectivity index (χ0v) is 16.5. The largest absolute Gasteiger partial charge is 0.477 e. The van der Waals surface area contributed by atoms with Crippen LogP contribution in [0.4, 0.5) is 14.5 Å². The van der Waals surface area contributed by atoms with E-state index in [2.05, 4.69) is 4.98 Å². The second-order valence-electron chi connectivity index (χ2n) is 7.11. The number of H-pyrrole nitrogens is 1. The predicted octanol–water partition coefficient (Wildman–Crippen LogP) is 3.69. The summed E-state index contributed by atoms with van der Waals surface area (Å²) in [5.74, 6) is -2.66. The Morgan fingerprint density at radius 2 is 1.80 bits per heavy atom. The molecule has 30 heavy (non-hydrogen) atoms. The molecule has 0 saturated carbocycles. The number of carboxylic acid groups (broad SMARTS) is 1. The van der Waals surface area contributed by atoms with Crippen LogP contribution in [0.2, 0.25) is 5.02 Å². The molecule has 0 aliphatic carbocycles. The summed E-state index contributed by atoms with van der Waals surface area (Å²) >= 11 is 6.05. The maximum absolute atomic E-state index is 14.0. The molecule has 4 rings (SSSR count). The van der Waals surface area contributed by atoms with Crippen LogP contribution in [0.15, 0.2) is 36.4 Å². The van der Waals surface area contributed by atoms with Gasteiger partial charge in [0.2, 0.25) is 5.91 Å². The van der Waals surface area contributed by atoms with Gasteiger partial charge in [-0.25, -0.2) is 13.6 Å². The number of hydrogen-bond acceptors (Lipinski definition) is 3. The number of amides is 1. The molecule has 1 saturated heterocycles. The van der Waals surface area contributed by atoms with Crippen LogP contribution >= 0.6 is 11.6 Å². The number of fused-ring (bicyclic) bond motifs is 1. The van der Waals surface area contributed by atoms with Crippen LogP contribution in [0.5, 0.6) is 0 Å². The van der Waals surface area contributed by atoms with Crippen molar-refractivity contribution in [1.29, 1.82) is 0 Å². The van der Waals surface area contributed by atoms with Crippen LogP contribution < -0.4 is 4.90 Å². The molecule has 1 fully saturated rings. The Morgan fingerprint density at radius 1 is 1.07 bits per heavy atom. The third-order valence-corrected chi connectivity index (χ3v) is 5.53. The fourth-order valence-electron chi connectivity index (χ4n) is 3.78. The number of carbonyl (C=O) groups excluding carboxylic acids is 1. The number of anilines is 1. The first-order valence-corrected chi connectivity index (χ1v) is 9.72. The highest BCUT2D eigenvalue weighted by molar-refractivity contribution is 6.31. The highest BCUT2D eigenvalue weighted by atomic mass is 35.5. The van der Waals surface area contributed by atoms with E-state index in [4.69, 9.17) is 11.6 Å². The molecule has 6 nitrogen and oxygen atoms in total. The van der Waals surface area contributed by atoms with E-state index in [-0.39, 0.29) is 18.0 Å². The summed E-state index contributed by atoms with van der Waals surface area (Å²) in [5, 5.41) is 10.6. The highest BCUT2D eigenvalue weighted by Gasteiger charge is 2.26. The minimum absolute atomic E-state index is 0.0346. The van der Waals surface area contributed by atoms with Gasteiger partial charge in [0.15, 0.2) is 0 Å². The molecule has 0 unspecified atom stereocenters. The summed E-state index contributed by atoms with van der Waals surface area (Å²) in [6.07, 6.45) is -0.0904. The number of aromatic carboxylic acids is 1. The number of nitrogens with zero attached hydrogens (tertiary/aromatic N) is 2. The van der Waals surface area contributed by atoms with Gasteiger partial charge in [0.05, 0.1) is 12.1 Å². The van der Waals surface area contributed by atoms with Crippen LogP contribution in [0, 0.1) is 11.6 Å². The number of piperazine rings is 1. The zero-order valence-electron chi connectivity index (χ0n) is 15.8. The fraction of sp³-hybridized carbons (Fsp3) is 0.238. The number of carboxylic acids is 1. The lowest BCUT2D eigenvalue weighted by molar-refractivity contribution is -0.130. The molecular formula is C21H18ClF2N3O3. The van der Waals surface area contributed by atoms with Crippen molar-refractivity contribution in [1.82, 2.24) is 9.88 Å². The van der Waals surface area contributed by atoms with E-state index in [1.54, 1.807) is 28.0 Å². The van der Waals surface area contributed by atoms with Crippen molar-refractivity contribution >= 4 is 40.1 Å². The smallest absolute Gasteiger partial charge is 0.352 e. The SMILES string of the molecule is O=C(O)c1[nH]c2ccc(Cl)cc2c1CC(=O)N1CCN(c2ccc(F)cc2F)CC1. The molecule has 9 heteroatoms. The monoisotopic (exact) mass is 433 g/mol. The van der Waals surface area contributed by atoms with Crippen LogP contribution in [0.25, 0.3) is 10.9 Å². The molecule has 1 aliphatic rings. The Hall–Kier alpha value is -3.13. The van der Waals surface area contributed by atoms with E-state index >= 15 is 0 Å². The molecule has 0 bridgehead atoms. The van der Waals surface area contributed by atoms with Gasteiger partial charge in [0.1, 0.15) is 17.3 Å². The zero-order chi connectivity index (χ0) is 21.4. The fourth-order valence-corrected chi connectivity index (χ4v) is 3.96. The minimum Gasteiger partial charge on any atom is -0.477 e. The van der Waals surface area contributed by atoms with Crippen molar-refractivity contribution in [2.24, 2.45) is 0 Å². The number of nitrogens with one attached hydrogen (secondary N) is 1. The van der Waals surface area contributed by atoms with E-state index < -0.39 is 17.6 Å². The first-order chi connectivity index (χ1) is 14.3. The Labute approximate surface area is 175 Å². The Kier molecular flexibility index (Phi) is 5.34. The molecule has 2 aromatic carbocycles. The van der Waals surface area contributed by atoms with Crippen molar-refractivity contribution in [3.8, 4) is 0 Å². The molecule has 1 amide bonds. The molecule has 0 atom stereocenters. The van der Waals surface area contributed by atoms with E-state index in [1.165, 1.54) is 12.1 Å². The molecule has 1 aromatic heterocycles. The van der Waals surface area contributed by atoms with Crippen molar-refractivity contribution < 1.29 is 23.5 Å². The lowest BCUT2D eigenvalue weighted by Crippen LogP contribution is -2.49. The highest BCUT2D eigenvalue weighted by Crippen LogP contribution is 2.27. The van der Waals surface area contributed by atoms with Gasteiger partial charge in [-0.3, -0.25) is 4.79 Å². The normalized spacial score (nSPS) is 14.4. The minimum atomic E-state index is -1.15. The number of carbonyl (C=O) groups is 2. The molecule has 0 spiro atoms. The van der Waals surface area contributed by atoms with Gasteiger partial charge in [0, 0.05) is 53.7 Å². The van der Waals surface area contributed by atoms with Crippen molar-refractivity contribution in [3.05, 3.63) is 64.3 Å². The van der Waals surface area contributed by atoms with Gasteiger partial charge in [-0.1, -0.05) is 11.6 Å². The Bertz CT molecular complexity index is 1140. The number of rotatable bonds is 4. The molecule has 1 aliphatic heterocycles. The summed E-state index contributed by atoms with van der Waals surface area (Å²) in [7, 11) is 0. The first kappa shape index (κ1) is 20.2. The molecular weight excluding hydrogens is 416 g/mol. The lowest BCUT2D eigenvalue weighted by atomic mass is 10.1. The number of aromatic nitrogens is 1. The van der Waals surface area contributed by atoms with Crippen LogP contribution in [-0.2, 0) is 11.2 Å². The van der Waals surface area contributed by atoms with Gasteiger partial charge >= 0.3 is 5.97 Å². The molecule has 2 N–H and O–H groups in total. The van der Waals surface area contributed by atoms with Gasteiger partial charge in [0.25, 0.3) is 0 Å². The summed E-state index contributed by atoms with van der Waals surface area (Å²) in [4.78, 5) is 30.7. The second-order valence-corrected chi connectivity index (χ2v) is 7.55. The number of benzene rings is 2. The maximum atomic E-state index is 14.0. The standard InChI is InChI=1S/C21H18ClF2N3O3/c22-12-1-3-17-14(9-12)15(20(25-17)21(29)30)11-19(28)27-7-5-26(6-8-27)18-4-2-13(23)10-16(18)24/h1-4,9-10,25H,5-8,11H2,(H,29,30). The van der Waals surface area contributed by atoms with Gasteiger partial charge in [-0.2, -0.15) is 0 Å². The lowest BCUT2D eigenvalue weighted by Gasteiger charge is -2.36. The molecule has 3 aromatic rings. The summed E-state index contributed by atoms with van der Waals surface area (Å²) < 4.78 is 27.1. The van der Waals surface area contributed by atoms with Gasteiger partial charge in [-0.15, -0.1) is 0 Å². The van der Waals surface area contributed by atoms with Crippen LogP contribution in [-0.4, -0.2) is 53.0 Å². The van der Waals surface area contributed by atoms with Gasteiger partial charge < -0.3 is 19.9 Å². The van der Waals surface area contributed by atoms with Crippen LogP contribution in [0.3, 0.4) is 0 Å². The van der Waals surface area contributed by atoms with E-state index in [0.717, 1.165) is 6.07 Å². The average molecular weight is 434 g/mol. The van der Waals surface area contributed by atoms with E-state index in [1.807, 2.05) is 0 Å². The van der Waals surface area contributed by atoms with Crippen molar-refractivity contribution in [2.75, 3.05) is 31.1 Å². The first-order valence-electron chi connectivity index (χ1n) is 9.34. The molecule has 0 radical (unpaired) electrons. The van der Waals surface area contributed by atoms with Crippen LogP contribution in [0.1, 0.15) is 16.1 Å². The predicted molar refractivity (Wildman–Crippen MR) is 109 cm³/mol. The topological polar surface area (TPSA) is 76.6 Å². The molecule has 156 valence electrons. The summed E-state index contributed by atoms with van der Waals surface area (Å²) in [6.45, 7) is 1.47. The van der Waals surface area contributed by atoms with Gasteiger partial charge in [-0.05, 0) is 30.3 Å². The van der Waals surface area contributed by atoms with E-state index in [9.17, 15) is 23.5 Å². The third kappa shape index (κ3) is 3.82. The number of aromatic amines is 1. The van der Waals surface area contributed by atoms with Crippen molar-refractivity contribution in [3.63, 3.8) is 0 Å². The summed E-state index contributed by atoms with van der Waals surface area (Å²) in [6, 6.07) is 8.38. The summed E-state index contributed by atoms with van der Waals surface area (Å²) in [5.41, 5.74) is 1.24. The maximum Gasteiger partial charge on any atom is 0.352 e. The van der Waals surface area contributed by atoms with Crippen molar-refractivity contribution in [2.45, 2.75) is 6.42 Å². The number of halogens is 3. The Balaban J connectivity index is 1.50. The number of hydrogen-bond donors (Lipinski definition) is 2. The molecule has 2 heterocycles. The Morgan fingerprint density at radius 3 is 2.47 bits per heavy atom. The average Bonchev–Trinajstić information content (AvgIpc) is 3.06. The van der Waals surface area contributed by atoms with E-state index in [0.29, 0.717) is 53.4 Å².